The molecule has 0 aliphatic heterocycles. The topological polar surface area (TPSA) is 29.3 Å². The molecular weight excluding hydrogens is 242 g/mol. The lowest BCUT2D eigenvalue weighted by molar-refractivity contribution is 0.688. The van der Waals surface area contributed by atoms with Gasteiger partial charge >= 0.3 is 0 Å². The number of thioether (sulfide) groups is 1. The normalized spacial score (nSPS) is 10.9. The maximum absolute atomic E-state index is 4.28. The van der Waals surface area contributed by atoms with Crippen molar-refractivity contribution in [2.24, 2.45) is 0 Å². The molecule has 2 aromatic rings. The van der Waals surface area contributed by atoms with Crippen LogP contribution < -0.4 is 5.32 Å². The van der Waals surface area contributed by atoms with Crippen molar-refractivity contribution in [3.05, 3.63) is 30.6 Å². The highest BCUT2D eigenvalue weighted by atomic mass is 32.2. The Kier molecular flexibility index (Phi) is 5.39. The first kappa shape index (κ1) is 13.3. The second-order valence-electron chi connectivity index (χ2n) is 4.40. The maximum Gasteiger partial charge on any atom is 0.138 e. The lowest BCUT2D eigenvalue weighted by atomic mass is 10.2. The first-order valence-corrected chi connectivity index (χ1v) is 7.96. The fourth-order valence-electron chi connectivity index (χ4n) is 2.03. The van der Waals surface area contributed by atoms with Crippen molar-refractivity contribution >= 4 is 23.2 Å². The molecule has 0 aliphatic rings. The van der Waals surface area contributed by atoms with Gasteiger partial charge in [-0.2, -0.15) is 11.8 Å². The summed E-state index contributed by atoms with van der Waals surface area (Å²) in [6.07, 6.45) is 11.2. The molecular formula is C14H21N3S. The number of unbranched alkanes of at least 4 members (excludes halogenated alkanes) is 3. The van der Waals surface area contributed by atoms with Crippen molar-refractivity contribution < 1.29 is 0 Å². The molecule has 18 heavy (non-hydrogen) atoms. The van der Waals surface area contributed by atoms with Gasteiger partial charge < -0.3 is 5.32 Å². The van der Waals surface area contributed by atoms with Crippen LogP contribution in [0.2, 0.25) is 0 Å². The van der Waals surface area contributed by atoms with Crippen LogP contribution in [0.1, 0.15) is 25.7 Å². The standard InChI is InChI=1S/C14H21N3S/c1-18-12-5-3-2-4-9-15-13-7-6-8-14-16-10-11-17(13)14/h6-8,10-11,15H,2-5,9,12H2,1H3. The van der Waals surface area contributed by atoms with Gasteiger partial charge in [-0.3, -0.25) is 4.40 Å². The van der Waals surface area contributed by atoms with Crippen LogP contribution in [0.5, 0.6) is 0 Å². The molecule has 1 N–H and O–H groups in total. The molecule has 2 heterocycles. The van der Waals surface area contributed by atoms with Gasteiger partial charge in [0.25, 0.3) is 0 Å². The molecule has 0 unspecified atom stereocenters. The van der Waals surface area contributed by atoms with Gasteiger partial charge in [-0.1, -0.05) is 18.9 Å². The zero-order valence-corrected chi connectivity index (χ0v) is 11.7. The summed E-state index contributed by atoms with van der Waals surface area (Å²) in [5, 5.41) is 3.48. The summed E-state index contributed by atoms with van der Waals surface area (Å²) in [7, 11) is 0. The molecule has 0 amide bonds. The second kappa shape index (κ2) is 7.31. The predicted octanol–water partition coefficient (Wildman–Crippen LogP) is 3.67. The van der Waals surface area contributed by atoms with E-state index in [1.807, 2.05) is 36.3 Å². The molecule has 0 aromatic carbocycles. The first-order chi connectivity index (χ1) is 8.92. The van der Waals surface area contributed by atoms with Crippen LogP contribution in [0.15, 0.2) is 30.6 Å². The Hall–Kier alpha value is -1.16. The van der Waals surface area contributed by atoms with E-state index < -0.39 is 0 Å². The van der Waals surface area contributed by atoms with Crippen LogP contribution in [-0.4, -0.2) is 27.9 Å². The summed E-state index contributed by atoms with van der Waals surface area (Å²) >= 11 is 1.94. The average molecular weight is 263 g/mol. The largest absolute Gasteiger partial charge is 0.371 e. The number of rotatable bonds is 8. The van der Waals surface area contributed by atoms with E-state index in [4.69, 9.17) is 0 Å². The molecule has 3 nitrogen and oxygen atoms in total. The average Bonchev–Trinajstić information content (AvgIpc) is 2.86. The zero-order valence-electron chi connectivity index (χ0n) is 10.9. The lowest BCUT2D eigenvalue weighted by Crippen LogP contribution is -2.05. The van der Waals surface area contributed by atoms with Gasteiger partial charge in [-0.15, -0.1) is 0 Å². The number of nitrogens with zero attached hydrogens (tertiary/aromatic N) is 2. The van der Waals surface area contributed by atoms with Crippen molar-refractivity contribution in [1.29, 1.82) is 0 Å². The van der Waals surface area contributed by atoms with Crippen LogP contribution in [0.25, 0.3) is 5.65 Å². The number of anilines is 1. The molecule has 0 radical (unpaired) electrons. The predicted molar refractivity (Wildman–Crippen MR) is 80.5 cm³/mol. The maximum atomic E-state index is 4.28. The first-order valence-electron chi connectivity index (χ1n) is 6.57. The fraction of sp³-hybridized carbons (Fsp3) is 0.500. The fourth-order valence-corrected chi connectivity index (χ4v) is 2.53. The highest BCUT2D eigenvalue weighted by Crippen LogP contribution is 2.11. The monoisotopic (exact) mass is 263 g/mol. The summed E-state index contributed by atoms with van der Waals surface area (Å²) in [6, 6.07) is 6.17. The minimum atomic E-state index is 1.000. The van der Waals surface area contributed by atoms with E-state index >= 15 is 0 Å². The third-order valence-corrected chi connectivity index (χ3v) is 3.71. The Morgan fingerprint density at radius 2 is 2.11 bits per heavy atom. The SMILES string of the molecule is CSCCCCCCNc1cccc2nccn12. The van der Waals surface area contributed by atoms with Gasteiger partial charge in [-0.05, 0) is 37.0 Å². The number of nitrogens with one attached hydrogen (secondary N) is 1. The molecule has 98 valence electrons. The third kappa shape index (κ3) is 3.67. The number of hydrogen-bond acceptors (Lipinski definition) is 3. The second-order valence-corrected chi connectivity index (χ2v) is 5.39. The van der Waals surface area contributed by atoms with Gasteiger partial charge in [0.05, 0.1) is 0 Å². The summed E-state index contributed by atoms with van der Waals surface area (Å²) in [5.41, 5.74) is 1.000. The van der Waals surface area contributed by atoms with Gasteiger partial charge in [0, 0.05) is 18.9 Å². The molecule has 0 atom stereocenters. The van der Waals surface area contributed by atoms with Crippen molar-refractivity contribution in [2.75, 3.05) is 23.9 Å². The summed E-state index contributed by atoms with van der Waals surface area (Å²) < 4.78 is 2.09. The van der Waals surface area contributed by atoms with Crippen molar-refractivity contribution in [3.63, 3.8) is 0 Å². The van der Waals surface area contributed by atoms with Gasteiger partial charge in [-0.25, -0.2) is 4.98 Å². The molecule has 0 aliphatic carbocycles. The lowest BCUT2D eigenvalue weighted by Gasteiger charge is -2.08. The Morgan fingerprint density at radius 1 is 1.22 bits per heavy atom. The molecule has 0 spiro atoms. The highest BCUT2D eigenvalue weighted by molar-refractivity contribution is 7.98. The van der Waals surface area contributed by atoms with E-state index in [9.17, 15) is 0 Å². The molecule has 0 saturated carbocycles. The van der Waals surface area contributed by atoms with Crippen molar-refractivity contribution in [3.8, 4) is 0 Å². The van der Waals surface area contributed by atoms with Crippen LogP contribution in [-0.2, 0) is 0 Å². The highest BCUT2D eigenvalue weighted by Gasteiger charge is 1.98. The van der Waals surface area contributed by atoms with Crippen LogP contribution in [0.4, 0.5) is 5.82 Å². The molecule has 2 aromatic heterocycles. The van der Waals surface area contributed by atoms with E-state index in [2.05, 4.69) is 27.0 Å². The zero-order chi connectivity index (χ0) is 12.6. The Bertz CT molecular complexity index is 467. The van der Waals surface area contributed by atoms with Crippen LogP contribution in [0, 0.1) is 0 Å². The number of fused-ring (bicyclic) bond motifs is 1. The van der Waals surface area contributed by atoms with E-state index in [1.165, 1.54) is 31.4 Å². The summed E-state index contributed by atoms with van der Waals surface area (Å²) in [5.74, 6) is 2.43. The minimum Gasteiger partial charge on any atom is -0.371 e. The third-order valence-electron chi connectivity index (χ3n) is 3.01. The molecule has 2 rings (SSSR count). The van der Waals surface area contributed by atoms with Gasteiger partial charge in [0.1, 0.15) is 11.5 Å². The summed E-state index contributed by atoms with van der Waals surface area (Å²) in [4.78, 5) is 4.28. The number of pyridine rings is 1. The minimum absolute atomic E-state index is 1.000. The molecule has 0 saturated heterocycles. The van der Waals surface area contributed by atoms with Crippen LogP contribution in [0.3, 0.4) is 0 Å². The quantitative estimate of drug-likeness (QED) is 0.737. The van der Waals surface area contributed by atoms with Gasteiger partial charge in [0.15, 0.2) is 0 Å². The number of aromatic nitrogens is 2. The summed E-state index contributed by atoms with van der Waals surface area (Å²) in [6.45, 7) is 1.04. The van der Waals surface area contributed by atoms with Gasteiger partial charge in [0.2, 0.25) is 0 Å². The van der Waals surface area contributed by atoms with E-state index in [-0.39, 0.29) is 0 Å². The number of imidazole rings is 1. The molecule has 0 bridgehead atoms. The number of hydrogen-bond donors (Lipinski definition) is 1. The van der Waals surface area contributed by atoms with E-state index in [0.29, 0.717) is 0 Å². The molecule has 4 heteroatoms. The smallest absolute Gasteiger partial charge is 0.138 e. The van der Waals surface area contributed by atoms with E-state index in [1.54, 1.807) is 0 Å². The van der Waals surface area contributed by atoms with Crippen molar-refractivity contribution in [2.45, 2.75) is 25.7 Å². The van der Waals surface area contributed by atoms with Crippen molar-refractivity contribution in [1.82, 2.24) is 9.38 Å². The Morgan fingerprint density at radius 3 is 3.00 bits per heavy atom. The Balaban J connectivity index is 1.72. The van der Waals surface area contributed by atoms with Crippen LogP contribution >= 0.6 is 11.8 Å². The Labute approximate surface area is 113 Å². The molecule has 0 fully saturated rings. The van der Waals surface area contributed by atoms with E-state index in [0.717, 1.165) is 18.0 Å².